The zero-order valence-electron chi connectivity index (χ0n) is 38.7. The second kappa shape index (κ2) is 12.8. The van der Waals surface area contributed by atoms with Crippen molar-refractivity contribution in [1.82, 2.24) is 4.40 Å². The van der Waals surface area contributed by atoms with Crippen LogP contribution in [0.1, 0.15) is 137 Å². The van der Waals surface area contributed by atoms with E-state index in [9.17, 15) is 10.5 Å². The van der Waals surface area contributed by atoms with E-state index in [1.807, 2.05) is 0 Å². The summed E-state index contributed by atoms with van der Waals surface area (Å²) in [5, 5.41) is 30.2. The molecule has 4 nitrogen and oxygen atoms in total. The molecule has 0 N–H and O–H groups in total. The van der Waals surface area contributed by atoms with Crippen molar-refractivity contribution < 1.29 is 4.42 Å². The lowest BCUT2D eigenvalue weighted by Crippen LogP contribution is -2.28. The number of benzene rings is 9. The number of hydrogen-bond donors (Lipinski definition) is 0. The lowest BCUT2D eigenvalue weighted by atomic mass is 9.59. The molecule has 326 valence electrons. The standard InChI is InChI=1S/C66H41N3O/c1-32-14-13-15-33(2)50(32)64-63-59-48(28-37(31-68)52-54-40-20-7-11-24-44(40)56(61(52)59)45-25-12-8-21-41(45)54)69-47-27-36(30-67)51-53-38-18-5-9-22-42(38)55(43-23-10-6-19-39(43)53)60(51)58(47)62(65(63)69)57-46-26-34-16-3-4-17-35(34)29-49(46)70-66(57)64/h5-15,18-29,53-56H,3-4,16-17H2,1-2H3. The van der Waals surface area contributed by atoms with Crippen LogP contribution in [0.15, 0.2) is 144 Å². The third-order valence-corrected chi connectivity index (χ3v) is 17.9. The molecule has 0 atom stereocenters. The maximum Gasteiger partial charge on any atom is 0.144 e. The molecule has 7 aliphatic rings. The van der Waals surface area contributed by atoms with Crippen molar-refractivity contribution in [1.29, 1.82) is 10.5 Å². The van der Waals surface area contributed by atoms with E-state index in [2.05, 4.69) is 170 Å². The van der Waals surface area contributed by atoms with Crippen molar-refractivity contribution in [3.63, 3.8) is 0 Å². The van der Waals surface area contributed by atoms with E-state index < -0.39 is 0 Å². The molecule has 3 aromatic heterocycles. The number of hydrogen-bond acceptors (Lipinski definition) is 3. The Morgan fingerprint density at radius 3 is 1.34 bits per heavy atom. The molecule has 12 aromatic rings. The number of aryl methyl sites for hydroxylation is 4. The number of furan rings is 1. The summed E-state index contributed by atoms with van der Waals surface area (Å²) in [5.74, 6) is -0.330. The van der Waals surface area contributed by atoms with Gasteiger partial charge in [-0.2, -0.15) is 10.5 Å². The largest absolute Gasteiger partial charge is 0.455 e. The zero-order valence-corrected chi connectivity index (χ0v) is 38.7. The van der Waals surface area contributed by atoms with Crippen LogP contribution in [0.2, 0.25) is 0 Å². The van der Waals surface area contributed by atoms with Crippen LogP contribution in [0.25, 0.3) is 71.2 Å². The highest BCUT2D eigenvalue weighted by molar-refractivity contribution is 6.40. The summed E-state index contributed by atoms with van der Waals surface area (Å²) in [6.07, 6.45) is 4.49. The molecule has 0 saturated carbocycles. The Balaban J connectivity index is 1.18. The average molecular weight is 892 g/mol. The van der Waals surface area contributed by atoms with Gasteiger partial charge in [0, 0.05) is 61.6 Å². The molecule has 7 aliphatic carbocycles. The highest BCUT2D eigenvalue weighted by Crippen LogP contribution is 2.64. The fourth-order valence-electron chi connectivity index (χ4n) is 15.5. The number of nitrogens with zero attached hydrogens (tertiary/aromatic N) is 3. The predicted octanol–water partition coefficient (Wildman–Crippen LogP) is 15.6. The number of rotatable bonds is 1. The van der Waals surface area contributed by atoms with E-state index in [1.165, 1.54) is 118 Å². The highest BCUT2D eigenvalue weighted by atomic mass is 16.3. The Labute approximate surface area is 403 Å². The third-order valence-electron chi connectivity index (χ3n) is 17.9. The molecule has 9 aromatic carbocycles. The molecular formula is C66H41N3O. The van der Waals surface area contributed by atoms with E-state index in [-0.39, 0.29) is 23.7 Å². The normalized spacial score (nSPS) is 18.7. The van der Waals surface area contributed by atoms with Crippen LogP contribution in [0.3, 0.4) is 0 Å². The van der Waals surface area contributed by atoms with E-state index in [0.29, 0.717) is 11.1 Å². The van der Waals surface area contributed by atoms with Crippen molar-refractivity contribution in [3.8, 4) is 23.3 Å². The van der Waals surface area contributed by atoms with Crippen LogP contribution < -0.4 is 0 Å². The third kappa shape index (κ3) is 4.20. The number of fused-ring (bicyclic) bond motifs is 11. The molecule has 70 heavy (non-hydrogen) atoms. The molecule has 0 spiro atoms. The molecule has 0 unspecified atom stereocenters. The predicted molar refractivity (Wildman–Crippen MR) is 279 cm³/mol. The monoisotopic (exact) mass is 891 g/mol. The molecule has 0 aliphatic heterocycles. The number of aromatic nitrogens is 1. The lowest BCUT2D eigenvalue weighted by molar-refractivity contribution is 0.660. The van der Waals surface area contributed by atoms with E-state index >= 15 is 0 Å². The van der Waals surface area contributed by atoms with Gasteiger partial charge in [0.15, 0.2) is 0 Å². The maximum atomic E-state index is 11.6. The Bertz CT molecular complexity index is 4450. The first-order chi connectivity index (χ1) is 34.5. The highest BCUT2D eigenvalue weighted by Gasteiger charge is 2.48. The van der Waals surface area contributed by atoms with Crippen molar-refractivity contribution in [2.24, 2.45) is 0 Å². The van der Waals surface area contributed by atoms with Crippen LogP contribution in [-0.2, 0) is 12.8 Å². The van der Waals surface area contributed by atoms with Crippen LogP contribution in [-0.4, -0.2) is 4.40 Å². The summed E-state index contributed by atoms with van der Waals surface area (Å²) < 4.78 is 10.1. The van der Waals surface area contributed by atoms with Gasteiger partial charge < -0.3 is 8.82 Å². The summed E-state index contributed by atoms with van der Waals surface area (Å²) in [6.45, 7) is 4.50. The smallest absolute Gasteiger partial charge is 0.144 e. The van der Waals surface area contributed by atoms with Crippen molar-refractivity contribution in [2.45, 2.75) is 63.2 Å². The van der Waals surface area contributed by atoms with Crippen molar-refractivity contribution in [3.05, 3.63) is 240 Å². The van der Waals surface area contributed by atoms with Crippen LogP contribution in [0.4, 0.5) is 0 Å². The van der Waals surface area contributed by atoms with Crippen LogP contribution in [0.5, 0.6) is 0 Å². The van der Waals surface area contributed by atoms with Gasteiger partial charge in [-0.15, -0.1) is 0 Å². The van der Waals surface area contributed by atoms with E-state index in [0.717, 1.165) is 68.0 Å². The van der Waals surface area contributed by atoms with Crippen LogP contribution in [0, 0.1) is 36.5 Å². The summed E-state index contributed by atoms with van der Waals surface area (Å²) in [5.41, 5.74) is 29.1. The first-order valence-electron chi connectivity index (χ1n) is 25.1. The van der Waals surface area contributed by atoms with Gasteiger partial charge in [-0.05, 0) is 158 Å². The first-order valence-corrected chi connectivity index (χ1v) is 25.1. The second-order valence-electron chi connectivity index (χ2n) is 21.0. The summed E-state index contributed by atoms with van der Waals surface area (Å²) >= 11 is 0. The summed E-state index contributed by atoms with van der Waals surface area (Å²) in [4.78, 5) is 0. The van der Waals surface area contributed by atoms with Crippen molar-refractivity contribution >= 4 is 60.0 Å². The first kappa shape index (κ1) is 37.5. The molecule has 4 bridgehead atoms. The minimum atomic E-state index is -0.0875. The van der Waals surface area contributed by atoms with E-state index in [4.69, 9.17) is 4.42 Å². The minimum Gasteiger partial charge on any atom is -0.455 e. The Hall–Kier alpha value is -8.44. The Kier molecular flexibility index (Phi) is 6.86. The molecule has 3 heterocycles. The SMILES string of the molecule is Cc1cccc(C)c1-c1c2oc3cc4c(cc3c2c2c3c5c(c(C#N)cc3n3c6cc(C#N)c7c(c6c1c23)C1c2ccccc2C7c2ccccc21)C1c2ccccc2C5c2ccccc21)CCCC4. The zero-order chi connectivity index (χ0) is 46.0. The van der Waals surface area contributed by atoms with Crippen molar-refractivity contribution in [2.75, 3.05) is 0 Å². The van der Waals surface area contributed by atoms with Gasteiger partial charge in [-0.25, -0.2) is 0 Å². The quantitative estimate of drug-likeness (QED) is 0.165. The lowest BCUT2D eigenvalue weighted by Gasteiger charge is -2.43. The van der Waals surface area contributed by atoms with Gasteiger partial charge in [0.05, 0.1) is 39.8 Å². The van der Waals surface area contributed by atoms with Gasteiger partial charge in [0.2, 0.25) is 0 Å². The molecule has 0 saturated heterocycles. The average Bonchev–Trinajstić information content (AvgIpc) is 4.06. The fourth-order valence-corrected chi connectivity index (χ4v) is 15.5. The van der Waals surface area contributed by atoms with E-state index in [1.54, 1.807) is 0 Å². The van der Waals surface area contributed by atoms with Crippen LogP contribution >= 0.6 is 0 Å². The molecular weight excluding hydrogens is 851 g/mol. The number of nitriles is 2. The van der Waals surface area contributed by atoms with Gasteiger partial charge in [0.25, 0.3) is 0 Å². The molecule has 0 fully saturated rings. The van der Waals surface area contributed by atoms with Gasteiger partial charge in [-0.3, -0.25) is 0 Å². The van der Waals surface area contributed by atoms with Gasteiger partial charge in [0.1, 0.15) is 11.2 Å². The fraction of sp³-hybridized carbons (Fsp3) is 0.152. The maximum absolute atomic E-state index is 11.6. The summed E-state index contributed by atoms with van der Waals surface area (Å²) in [7, 11) is 0. The second-order valence-corrected chi connectivity index (χ2v) is 21.0. The topological polar surface area (TPSA) is 65.1 Å². The molecule has 0 amide bonds. The molecule has 19 rings (SSSR count). The Morgan fingerprint density at radius 2 is 0.886 bits per heavy atom. The molecule has 4 heteroatoms. The Morgan fingerprint density at radius 1 is 0.457 bits per heavy atom. The van der Waals surface area contributed by atoms with Gasteiger partial charge >= 0.3 is 0 Å². The van der Waals surface area contributed by atoms with Gasteiger partial charge in [-0.1, -0.05) is 115 Å². The summed E-state index contributed by atoms with van der Waals surface area (Å²) in [6, 6.07) is 57.4. The minimum absolute atomic E-state index is 0.0780. The molecule has 0 radical (unpaired) electrons.